The number of aromatic nitrogens is 2. The molecule has 114 valence electrons. The zero-order valence-electron chi connectivity index (χ0n) is 13.0. The number of hydrogen-bond donors (Lipinski definition) is 2. The SMILES string of the molecule is Cc1nc2ccccc2n1CCNC1CCC(C)(O)CC1. The Labute approximate surface area is 126 Å². The Morgan fingerprint density at radius 2 is 2.05 bits per heavy atom. The average Bonchev–Trinajstić information content (AvgIpc) is 2.77. The van der Waals surface area contributed by atoms with Gasteiger partial charge in [0, 0.05) is 19.1 Å². The lowest BCUT2D eigenvalue weighted by atomic mass is 9.84. The van der Waals surface area contributed by atoms with E-state index in [2.05, 4.69) is 40.0 Å². The van der Waals surface area contributed by atoms with Crippen LogP contribution < -0.4 is 5.32 Å². The van der Waals surface area contributed by atoms with Crippen molar-refractivity contribution in [1.82, 2.24) is 14.9 Å². The van der Waals surface area contributed by atoms with Crippen molar-refractivity contribution in [3.63, 3.8) is 0 Å². The molecule has 0 radical (unpaired) electrons. The van der Waals surface area contributed by atoms with E-state index in [0.717, 1.165) is 50.1 Å². The zero-order valence-corrected chi connectivity index (χ0v) is 13.0. The third-order valence-electron chi connectivity index (χ3n) is 4.68. The molecule has 1 heterocycles. The standard InChI is InChI=1S/C17H25N3O/c1-13-19-15-5-3-4-6-16(15)20(13)12-11-18-14-7-9-17(2,21)10-8-14/h3-6,14,18,21H,7-12H2,1-2H3. The van der Waals surface area contributed by atoms with Gasteiger partial charge >= 0.3 is 0 Å². The summed E-state index contributed by atoms with van der Waals surface area (Å²) in [5, 5.41) is 13.6. The fourth-order valence-corrected chi connectivity index (χ4v) is 3.30. The van der Waals surface area contributed by atoms with Crippen LogP contribution in [-0.2, 0) is 6.54 Å². The molecule has 3 rings (SSSR count). The van der Waals surface area contributed by atoms with Crippen molar-refractivity contribution in [3.8, 4) is 0 Å². The number of nitrogens with one attached hydrogen (secondary N) is 1. The highest BCUT2D eigenvalue weighted by atomic mass is 16.3. The van der Waals surface area contributed by atoms with Gasteiger partial charge in [0.15, 0.2) is 0 Å². The topological polar surface area (TPSA) is 50.1 Å². The van der Waals surface area contributed by atoms with Gasteiger partial charge < -0.3 is 15.0 Å². The summed E-state index contributed by atoms with van der Waals surface area (Å²) in [6.45, 7) is 5.91. The van der Waals surface area contributed by atoms with Crippen molar-refractivity contribution in [2.24, 2.45) is 0 Å². The molecule has 4 heteroatoms. The number of nitrogens with zero attached hydrogens (tertiary/aromatic N) is 2. The molecule has 1 aliphatic carbocycles. The van der Waals surface area contributed by atoms with E-state index in [1.165, 1.54) is 5.52 Å². The fraction of sp³-hybridized carbons (Fsp3) is 0.588. The minimum absolute atomic E-state index is 0.449. The van der Waals surface area contributed by atoms with Crippen LogP contribution in [0.4, 0.5) is 0 Å². The maximum absolute atomic E-state index is 9.98. The first kappa shape index (κ1) is 14.5. The summed E-state index contributed by atoms with van der Waals surface area (Å²) < 4.78 is 2.28. The number of benzene rings is 1. The van der Waals surface area contributed by atoms with Crippen LogP contribution in [-0.4, -0.2) is 32.8 Å². The molecule has 0 spiro atoms. The second-order valence-electron chi connectivity index (χ2n) is 6.52. The molecule has 1 aliphatic rings. The summed E-state index contributed by atoms with van der Waals surface area (Å²) in [7, 11) is 0. The van der Waals surface area contributed by atoms with Crippen LogP contribution in [0, 0.1) is 6.92 Å². The molecule has 4 nitrogen and oxygen atoms in total. The number of para-hydroxylation sites is 2. The van der Waals surface area contributed by atoms with Gasteiger partial charge in [0.2, 0.25) is 0 Å². The predicted octanol–water partition coefficient (Wildman–Crippen LogP) is 2.63. The molecule has 21 heavy (non-hydrogen) atoms. The van der Waals surface area contributed by atoms with Crippen LogP contribution in [0.2, 0.25) is 0 Å². The average molecular weight is 287 g/mol. The van der Waals surface area contributed by atoms with Crippen molar-refractivity contribution in [1.29, 1.82) is 0 Å². The molecule has 0 saturated heterocycles. The number of rotatable bonds is 4. The van der Waals surface area contributed by atoms with E-state index < -0.39 is 5.60 Å². The molecule has 0 unspecified atom stereocenters. The second-order valence-corrected chi connectivity index (χ2v) is 6.52. The van der Waals surface area contributed by atoms with Crippen LogP contribution >= 0.6 is 0 Å². The third-order valence-corrected chi connectivity index (χ3v) is 4.68. The summed E-state index contributed by atoms with van der Waals surface area (Å²) >= 11 is 0. The van der Waals surface area contributed by atoms with Gasteiger partial charge in [-0.3, -0.25) is 0 Å². The first-order chi connectivity index (χ1) is 10.1. The van der Waals surface area contributed by atoms with Gasteiger partial charge in [0.05, 0.1) is 16.6 Å². The van der Waals surface area contributed by atoms with Crippen LogP contribution in [0.15, 0.2) is 24.3 Å². The summed E-state index contributed by atoms with van der Waals surface area (Å²) in [6, 6.07) is 8.84. The first-order valence-corrected chi connectivity index (χ1v) is 7.93. The summed E-state index contributed by atoms with van der Waals surface area (Å²) in [6.07, 6.45) is 3.93. The second kappa shape index (κ2) is 5.78. The van der Waals surface area contributed by atoms with Crippen LogP contribution in [0.3, 0.4) is 0 Å². The van der Waals surface area contributed by atoms with E-state index in [1.807, 2.05) is 13.0 Å². The molecular formula is C17H25N3O. The number of aryl methyl sites for hydroxylation is 1. The minimum atomic E-state index is -0.449. The van der Waals surface area contributed by atoms with Crippen LogP contribution in [0.25, 0.3) is 11.0 Å². The molecule has 0 amide bonds. The van der Waals surface area contributed by atoms with Gasteiger partial charge in [-0.25, -0.2) is 4.98 Å². The summed E-state index contributed by atoms with van der Waals surface area (Å²) in [5.41, 5.74) is 1.84. The van der Waals surface area contributed by atoms with Gasteiger partial charge in [0.1, 0.15) is 5.82 Å². The molecule has 1 aromatic heterocycles. The molecule has 1 fully saturated rings. The zero-order chi connectivity index (χ0) is 14.9. The lowest BCUT2D eigenvalue weighted by Crippen LogP contribution is -2.40. The Kier molecular flexibility index (Phi) is 4.00. The van der Waals surface area contributed by atoms with E-state index >= 15 is 0 Å². The molecule has 2 aromatic rings. The van der Waals surface area contributed by atoms with Gasteiger partial charge in [-0.15, -0.1) is 0 Å². The molecule has 0 aliphatic heterocycles. The van der Waals surface area contributed by atoms with E-state index in [9.17, 15) is 5.11 Å². The van der Waals surface area contributed by atoms with E-state index in [0.29, 0.717) is 6.04 Å². The van der Waals surface area contributed by atoms with Crippen molar-refractivity contribution in [3.05, 3.63) is 30.1 Å². The summed E-state index contributed by atoms with van der Waals surface area (Å²) in [4.78, 5) is 4.60. The third kappa shape index (κ3) is 3.27. The Bertz CT molecular complexity index is 608. The predicted molar refractivity (Wildman–Crippen MR) is 85.4 cm³/mol. The molecule has 0 bridgehead atoms. The Balaban J connectivity index is 1.57. The maximum Gasteiger partial charge on any atom is 0.106 e. The summed E-state index contributed by atoms with van der Waals surface area (Å²) in [5.74, 6) is 1.07. The Hall–Kier alpha value is -1.39. The van der Waals surface area contributed by atoms with Crippen molar-refractivity contribution in [2.45, 2.75) is 57.7 Å². The highest BCUT2D eigenvalue weighted by Gasteiger charge is 2.28. The number of fused-ring (bicyclic) bond motifs is 1. The normalized spacial score (nSPS) is 26.3. The molecule has 0 atom stereocenters. The van der Waals surface area contributed by atoms with Gasteiger partial charge in [-0.1, -0.05) is 12.1 Å². The van der Waals surface area contributed by atoms with E-state index in [-0.39, 0.29) is 0 Å². The van der Waals surface area contributed by atoms with Crippen molar-refractivity contribution in [2.75, 3.05) is 6.54 Å². The lowest BCUT2D eigenvalue weighted by Gasteiger charge is -2.33. The van der Waals surface area contributed by atoms with Gasteiger partial charge in [-0.05, 0) is 51.7 Å². The van der Waals surface area contributed by atoms with Gasteiger partial charge in [0.25, 0.3) is 0 Å². The highest BCUT2D eigenvalue weighted by Crippen LogP contribution is 2.27. The smallest absolute Gasteiger partial charge is 0.106 e. The first-order valence-electron chi connectivity index (χ1n) is 7.93. The van der Waals surface area contributed by atoms with Crippen LogP contribution in [0.5, 0.6) is 0 Å². The number of aliphatic hydroxyl groups is 1. The van der Waals surface area contributed by atoms with Crippen LogP contribution in [0.1, 0.15) is 38.4 Å². The minimum Gasteiger partial charge on any atom is -0.390 e. The molecule has 1 aromatic carbocycles. The molecular weight excluding hydrogens is 262 g/mol. The highest BCUT2D eigenvalue weighted by molar-refractivity contribution is 5.75. The Morgan fingerprint density at radius 1 is 1.33 bits per heavy atom. The maximum atomic E-state index is 9.98. The number of hydrogen-bond acceptors (Lipinski definition) is 3. The molecule has 1 saturated carbocycles. The van der Waals surface area contributed by atoms with Crippen molar-refractivity contribution >= 4 is 11.0 Å². The van der Waals surface area contributed by atoms with Crippen molar-refractivity contribution < 1.29 is 5.11 Å². The largest absolute Gasteiger partial charge is 0.390 e. The quantitative estimate of drug-likeness (QED) is 0.909. The Morgan fingerprint density at radius 3 is 2.81 bits per heavy atom. The monoisotopic (exact) mass is 287 g/mol. The lowest BCUT2D eigenvalue weighted by molar-refractivity contribution is 0.0141. The van der Waals surface area contributed by atoms with Gasteiger partial charge in [-0.2, -0.15) is 0 Å². The number of imidazole rings is 1. The van der Waals surface area contributed by atoms with E-state index in [1.54, 1.807) is 0 Å². The molecule has 2 N–H and O–H groups in total. The van der Waals surface area contributed by atoms with E-state index in [4.69, 9.17) is 0 Å². The fourth-order valence-electron chi connectivity index (χ4n) is 3.30.